The first-order chi connectivity index (χ1) is 13.0. The van der Waals surface area contributed by atoms with Gasteiger partial charge in [-0.2, -0.15) is 0 Å². The summed E-state index contributed by atoms with van der Waals surface area (Å²) in [6.07, 6.45) is 0.950. The van der Waals surface area contributed by atoms with Gasteiger partial charge >= 0.3 is 0 Å². The van der Waals surface area contributed by atoms with Crippen molar-refractivity contribution < 1.29 is 14.3 Å². The molecule has 0 unspecified atom stereocenters. The van der Waals surface area contributed by atoms with Gasteiger partial charge in [0.1, 0.15) is 5.75 Å². The van der Waals surface area contributed by atoms with E-state index in [1.807, 2.05) is 49.4 Å². The highest BCUT2D eigenvalue weighted by molar-refractivity contribution is 5.84. The van der Waals surface area contributed by atoms with Crippen molar-refractivity contribution in [2.75, 3.05) is 14.2 Å². The van der Waals surface area contributed by atoms with Gasteiger partial charge in [-0.3, -0.25) is 9.59 Å². The number of nitrogens with one attached hydrogen (secondary N) is 1. The van der Waals surface area contributed by atoms with E-state index in [4.69, 9.17) is 4.74 Å². The molecule has 0 aliphatic carbocycles. The summed E-state index contributed by atoms with van der Waals surface area (Å²) in [6.45, 7) is 2.52. The third-order valence-electron chi connectivity index (χ3n) is 5.20. The third kappa shape index (κ3) is 4.30. The van der Waals surface area contributed by atoms with Gasteiger partial charge in [0.25, 0.3) is 0 Å². The SMILES string of the molecule is COc1ccc([C@H]2[C@H](C(=O)NCc3cccc(C)c3)CCC(=O)N2C)cc1. The molecule has 0 aromatic heterocycles. The molecule has 0 radical (unpaired) electrons. The molecular weight excluding hydrogens is 340 g/mol. The molecule has 2 atom stereocenters. The van der Waals surface area contributed by atoms with Gasteiger partial charge in [0.15, 0.2) is 0 Å². The predicted octanol–water partition coefficient (Wildman–Crippen LogP) is 3.23. The lowest BCUT2D eigenvalue weighted by atomic mass is 9.84. The Kier molecular flexibility index (Phi) is 5.79. The summed E-state index contributed by atoms with van der Waals surface area (Å²) in [5, 5.41) is 3.05. The molecule has 1 aliphatic rings. The summed E-state index contributed by atoms with van der Waals surface area (Å²) >= 11 is 0. The first kappa shape index (κ1) is 19.0. The monoisotopic (exact) mass is 366 g/mol. The second-order valence-electron chi connectivity index (χ2n) is 7.07. The van der Waals surface area contributed by atoms with Crippen LogP contribution in [0.2, 0.25) is 0 Å². The summed E-state index contributed by atoms with van der Waals surface area (Å²) in [4.78, 5) is 26.9. The largest absolute Gasteiger partial charge is 0.497 e. The molecule has 5 heteroatoms. The molecule has 1 heterocycles. The van der Waals surface area contributed by atoms with Crippen LogP contribution in [-0.4, -0.2) is 30.9 Å². The van der Waals surface area contributed by atoms with Gasteiger partial charge in [-0.1, -0.05) is 42.0 Å². The Hall–Kier alpha value is -2.82. The van der Waals surface area contributed by atoms with Crippen LogP contribution in [0, 0.1) is 12.8 Å². The molecule has 142 valence electrons. The number of ether oxygens (including phenoxy) is 1. The Bertz CT molecular complexity index is 817. The maximum Gasteiger partial charge on any atom is 0.225 e. The number of amides is 2. The fourth-order valence-corrected chi connectivity index (χ4v) is 3.71. The smallest absolute Gasteiger partial charge is 0.225 e. The normalized spacial score (nSPS) is 19.7. The van der Waals surface area contributed by atoms with Crippen LogP contribution in [0.1, 0.15) is 35.6 Å². The fourth-order valence-electron chi connectivity index (χ4n) is 3.71. The van der Waals surface area contributed by atoms with Gasteiger partial charge < -0.3 is 15.0 Å². The lowest BCUT2D eigenvalue weighted by Gasteiger charge is -2.38. The van der Waals surface area contributed by atoms with Crippen LogP contribution in [-0.2, 0) is 16.1 Å². The molecule has 1 aliphatic heterocycles. The van der Waals surface area contributed by atoms with Gasteiger partial charge in [0.2, 0.25) is 11.8 Å². The number of hydrogen-bond acceptors (Lipinski definition) is 3. The summed E-state index contributed by atoms with van der Waals surface area (Å²) in [5.74, 6) is 0.533. The number of carbonyl (C=O) groups is 2. The van der Waals surface area contributed by atoms with Crippen molar-refractivity contribution in [2.45, 2.75) is 32.4 Å². The minimum absolute atomic E-state index is 0.0170. The van der Waals surface area contributed by atoms with E-state index in [9.17, 15) is 9.59 Å². The summed E-state index contributed by atoms with van der Waals surface area (Å²) in [7, 11) is 3.39. The zero-order chi connectivity index (χ0) is 19.4. The predicted molar refractivity (Wildman–Crippen MR) is 104 cm³/mol. The van der Waals surface area contributed by atoms with E-state index in [-0.39, 0.29) is 23.8 Å². The van der Waals surface area contributed by atoms with Gasteiger partial charge in [-0.15, -0.1) is 0 Å². The van der Waals surface area contributed by atoms with Crippen molar-refractivity contribution in [1.82, 2.24) is 10.2 Å². The number of likely N-dealkylation sites (tertiary alicyclic amines) is 1. The number of piperidine rings is 1. The molecule has 1 N–H and O–H groups in total. The van der Waals surface area contributed by atoms with Crippen LogP contribution >= 0.6 is 0 Å². The van der Waals surface area contributed by atoms with E-state index in [2.05, 4.69) is 11.4 Å². The first-order valence-corrected chi connectivity index (χ1v) is 9.22. The molecule has 27 heavy (non-hydrogen) atoms. The summed E-state index contributed by atoms with van der Waals surface area (Å²) in [5.41, 5.74) is 3.19. The van der Waals surface area contributed by atoms with E-state index in [0.29, 0.717) is 19.4 Å². The van der Waals surface area contributed by atoms with Crippen LogP contribution in [0.25, 0.3) is 0 Å². The number of benzene rings is 2. The van der Waals surface area contributed by atoms with E-state index in [1.54, 1.807) is 19.1 Å². The van der Waals surface area contributed by atoms with Crippen molar-refractivity contribution in [1.29, 1.82) is 0 Å². The summed E-state index contributed by atoms with van der Waals surface area (Å²) in [6, 6.07) is 15.4. The molecular formula is C22H26N2O3. The molecule has 5 nitrogen and oxygen atoms in total. The fraction of sp³-hybridized carbons (Fsp3) is 0.364. The minimum atomic E-state index is -0.272. The lowest BCUT2D eigenvalue weighted by molar-refractivity contribution is -0.141. The number of nitrogens with zero attached hydrogens (tertiary/aromatic N) is 1. The molecule has 3 rings (SSSR count). The number of hydrogen-bond donors (Lipinski definition) is 1. The highest BCUT2D eigenvalue weighted by atomic mass is 16.5. The topological polar surface area (TPSA) is 58.6 Å². The standard InChI is InChI=1S/C22H26N2O3/c1-15-5-4-6-16(13-15)14-23-22(26)19-11-12-20(25)24(2)21(19)17-7-9-18(27-3)10-8-17/h4-10,13,19,21H,11-12,14H2,1-3H3,(H,23,26)/t19-,21+/m1/s1. The van der Waals surface area contributed by atoms with Crippen molar-refractivity contribution in [2.24, 2.45) is 5.92 Å². The Morgan fingerprint density at radius 2 is 1.96 bits per heavy atom. The zero-order valence-electron chi connectivity index (χ0n) is 16.1. The Morgan fingerprint density at radius 3 is 2.63 bits per heavy atom. The van der Waals surface area contributed by atoms with Crippen molar-refractivity contribution in [3.63, 3.8) is 0 Å². The quantitative estimate of drug-likeness (QED) is 0.884. The number of aryl methyl sites for hydroxylation is 1. The average Bonchev–Trinajstić information content (AvgIpc) is 2.68. The molecule has 0 saturated carbocycles. The Labute approximate surface area is 160 Å². The number of methoxy groups -OCH3 is 1. The van der Waals surface area contributed by atoms with E-state index in [0.717, 1.165) is 16.9 Å². The summed E-state index contributed by atoms with van der Waals surface area (Å²) < 4.78 is 5.22. The third-order valence-corrected chi connectivity index (χ3v) is 5.20. The number of rotatable bonds is 5. The molecule has 2 aromatic rings. The molecule has 1 fully saturated rings. The van der Waals surface area contributed by atoms with Crippen molar-refractivity contribution >= 4 is 11.8 Å². The molecule has 1 saturated heterocycles. The van der Waals surface area contributed by atoms with Gasteiger partial charge in [0, 0.05) is 20.0 Å². The van der Waals surface area contributed by atoms with Gasteiger partial charge in [-0.25, -0.2) is 0 Å². The maximum absolute atomic E-state index is 12.9. The maximum atomic E-state index is 12.9. The van der Waals surface area contributed by atoms with Gasteiger partial charge in [0.05, 0.1) is 19.1 Å². The molecule has 0 bridgehead atoms. The second-order valence-corrected chi connectivity index (χ2v) is 7.07. The number of carbonyl (C=O) groups excluding carboxylic acids is 2. The van der Waals surface area contributed by atoms with E-state index in [1.165, 1.54) is 5.56 Å². The van der Waals surface area contributed by atoms with Crippen LogP contribution < -0.4 is 10.1 Å². The lowest BCUT2D eigenvalue weighted by Crippen LogP contribution is -2.46. The Morgan fingerprint density at radius 1 is 1.22 bits per heavy atom. The van der Waals surface area contributed by atoms with E-state index >= 15 is 0 Å². The molecule has 0 spiro atoms. The Balaban J connectivity index is 1.77. The average molecular weight is 366 g/mol. The van der Waals surface area contributed by atoms with Crippen LogP contribution in [0.4, 0.5) is 0 Å². The molecule has 2 aromatic carbocycles. The molecule has 2 amide bonds. The first-order valence-electron chi connectivity index (χ1n) is 9.22. The van der Waals surface area contributed by atoms with Crippen LogP contribution in [0.3, 0.4) is 0 Å². The van der Waals surface area contributed by atoms with Crippen LogP contribution in [0.5, 0.6) is 5.75 Å². The zero-order valence-corrected chi connectivity index (χ0v) is 16.1. The van der Waals surface area contributed by atoms with Crippen LogP contribution in [0.15, 0.2) is 48.5 Å². The van der Waals surface area contributed by atoms with E-state index < -0.39 is 0 Å². The second kappa shape index (κ2) is 8.25. The minimum Gasteiger partial charge on any atom is -0.497 e. The van der Waals surface area contributed by atoms with Crippen molar-refractivity contribution in [3.8, 4) is 5.75 Å². The highest BCUT2D eigenvalue weighted by Gasteiger charge is 2.38. The van der Waals surface area contributed by atoms with Crippen molar-refractivity contribution in [3.05, 3.63) is 65.2 Å². The van der Waals surface area contributed by atoms with Gasteiger partial charge in [-0.05, 0) is 36.6 Å². The highest BCUT2D eigenvalue weighted by Crippen LogP contribution is 2.36.